The van der Waals surface area contributed by atoms with Crippen molar-refractivity contribution < 1.29 is 4.79 Å². The van der Waals surface area contributed by atoms with Gasteiger partial charge in [-0.15, -0.1) is 0 Å². The van der Waals surface area contributed by atoms with Crippen molar-refractivity contribution in [3.05, 3.63) is 35.4 Å². The monoisotopic (exact) mass is 303 g/mol. The Balaban J connectivity index is 2.43. The van der Waals surface area contributed by atoms with Gasteiger partial charge in [0.05, 0.1) is 11.3 Å². The van der Waals surface area contributed by atoms with Gasteiger partial charge in [0.2, 0.25) is 3.79 Å². The molecular weight excluding hydrogens is 297 g/mol. The number of anilines is 1. The van der Waals surface area contributed by atoms with Crippen LogP contribution in [-0.2, 0) is 3.79 Å². The fourth-order valence-electron chi connectivity index (χ4n) is 1.53. The minimum atomic E-state index is -1.47. The van der Waals surface area contributed by atoms with Crippen molar-refractivity contribution in [1.82, 2.24) is 10.2 Å². The summed E-state index contributed by atoms with van der Waals surface area (Å²) in [6, 6.07) is 6.76. The number of carbonyl (C=O) groups is 1. The number of H-pyrrole nitrogens is 1. The Kier molecular flexibility index (Phi) is 3.52. The van der Waals surface area contributed by atoms with Crippen LogP contribution in [0.4, 0.5) is 5.82 Å². The summed E-state index contributed by atoms with van der Waals surface area (Å²) < 4.78 is -1.47. The van der Waals surface area contributed by atoms with Gasteiger partial charge in [0.15, 0.2) is 12.1 Å². The molecule has 3 N–H and O–H groups in total. The summed E-state index contributed by atoms with van der Waals surface area (Å²) in [5.74, 6) is 0.158. The minimum Gasteiger partial charge on any atom is -0.382 e. The fourth-order valence-corrected chi connectivity index (χ4v) is 1.91. The summed E-state index contributed by atoms with van der Waals surface area (Å²) in [4.78, 5) is 10.9. The number of alkyl halides is 3. The molecule has 2 aromatic rings. The summed E-state index contributed by atoms with van der Waals surface area (Å²) >= 11 is 17.3. The molecule has 0 saturated heterocycles. The van der Waals surface area contributed by atoms with E-state index in [9.17, 15) is 4.79 Å². The van der Waals surface area contributed by atoms with Crippen molar-refractivity contribution in [2.24, 2.45) is 0 Å². The largest absolute Gasteiger partial charge is 0.382 e. The zero-order chi connectivity index (χ0) is 13.3. The summed E-state index contributed by atoms with van der Waals surface area (Å²) in [6.45, 7) is 0. The lowest BCUT2D eigenvalue weighted by molar-refractivity contribution is 0.112. The molecular formula is C11H8Cl3N3O. The van der Waals surface area contributed by atoms with Crippen LogP contribution < -0.4 is 5.73 Å². The number of hydrogen-bond donors (Lipinski definition) is 2. The smallest absolute Gasteiger partial charge is 0.216 e. The molecule has 7 heteroatoms. The van der Waals surface area contributed by atoms with Crippen LogP contribution >= 0.6 is 34.8 Å². The molecule has 0 fully saturated rings. The van der Waals surface area contributed by atoms with Gasteiger partial charge in [0.1, 0.15) is 0 Å². The fraction of sp³-hybridized carbons (Fsp3) is 0.0909. The maximum Gasteiger partial charge on any atom is 0.216 e. The first-order valence-corrected chi connectivity index (χ1v) is 6.03. The van der Waals surface area contributed by atoms with E-state index in [4.69, 9.17) is 40.5 Å². The highest BCUT2D eigenvalue weighted by molar-refractivity contribution is 6.66. The molecule has 0 unspecified atom stereocenters. The molecule has 2 rings (SSSR count). The van der Waals surface area contributed by atoms with Crippen molar-refractivity contribution >= 4 is 46.9 Å². The molecule has 0 saturated carbocycles. The van der Waals surface area contributed by atoms with Crippen molar-refractivity contribution in [2.75, 3.05) is 5.73 Å². The standard InChI is InChI=1S/C11H8Cl3N3O/c12-11(13,14)7-3-1-6(2-4-7)9-8(5-18)10(15)17-16-9/h1-5H,(H3,15,16,17). The van der Waals surface area contributed by atoms with Gasteiger partial charge in [-0.25, -0.2) is 0 Å². The quantitative estimate of drug-likeness (QED) is 0.660. The van der Waals surface area contributed by atoms with Crippen LogP contribution in [0.1, 0.15) is 15.9 Å². The predicted octanol–water partition coefficient (Wildman–Crippen LogP) is 3.30. The number of rotatable bonds is 2. The van der Waals surface area contributed by atoms with E-state index in [2.05, 4.69) is 10.2 Å². The number of benzene rings is 1. The summed E-state index contributed by atoms with van der Waals surface area (Å²) in [5, 5.41) is 6.47. The number of aromatic nitrogens is 2. The van der Waals surface area contributed by atoms with E-state index < -0.39 is 3.79 Å². The zero-order valence-electron chi connectivity index (χ0n) is 8.95. The molecule has 0 amide bonds. The van der Waals surface area contributed by atoms with E-state index in [1.54, 1.807) is 24.3 Å². The molecule has 18 heavy (non-hydrogen) atoms. The first-order chi connectivity index (χ1) is 8.43. The molecule has 0 aliphatic rings. The second-order valence-electron chi connectivity index (χ2n) is 3.59. The van der Waals surface area contributed by atoms with Gasteiger partial charge in [-0.1, -0.05) is 59.1 Å². The molecule has 1 aromatic heterocycles. The van der Waals surface area contributed by atoms with Gasteiger partial charge in [-0.2, -0.15) is 5.10 Å². The van der Waals surface area contributed by atoms with E-state index in [1.807, 2.05) is 0 Å². The van der Waals surface area contributed by atoms with Gasteiger partial charge < -0.3 is 5.73 Å². The molecule has 0 atom stereocenters. The molecule has 0 bridgehead atoms. The Bertz CT molecular complexity index is 572. The third-order valence-electron chi connectivity index (χ3n) is 2.45. The number of halogens is 3. The average molecular weight is 305 g/mol. The second kappa shape index (κ2) is 4.80. The molecule has 0 aliphatic heterocycles. The summed E-state index contributed by atoms with van der Waals surface area (Å²) in [7, 11) is 0. The number of nitrogens with two attached hydrogens (primary N) is 1. The summed E-state index contributed by atoms with van der Waals surface area (Å²) in [5.41, 5.74) is 7.68. The lowest BCUT2D eigenvalue weighted by Crippen LogP contribution is -1.99. The van der Waals surface area contributed by atoms with Crippen molar-refractivity contribution in [1.29, 1.82) is 0 Å². The SMILES string of the molecule is Nc1n[nH]c(-c2ccc(C(Cl)(Cl)Cl)cc2)c1C=O. The number of nitrogen functional groups attached to an aromatic ring is 1. The topological polar surface area (TPSA) is 71.8 Å². The number of aromatic amines is 1. The van der Waals surface area contributed by atoms with E-state index >= 15 is 0 Å². The first kappa shape index (κ1) is 13.2. The molecule has 1 aromatic carbocycles. The maximum atomic E-state index is 10.9. The Morgan fingerprint density at radius 2 is 1.83 bits per heavy atom. The van der Waals surface area contributed by atoms with E-state index in [-0.39, 0.29) is 5.82 Å². The van der Waals surface area contributed by atoms with Gasteiger partial charge in [-0.3, -0.25) is 9.89 Å². The van der Waals surface area contributed by atoms with Crippen LogP contribution in [0.15, 0.2) is 24.3 Å². The molecule has 94 valence electrons. The van der Waals surface area contributed by atoms with Gasteiger partial charge in [0.25, 0.3) is 0 Å². The Labute approximate surface area is 118 Å². The van der Waals surface area contributed by atoms with Crippen molar-refractivity contribution in [2.45, 2.75) is 3.79 Å². The number of aldehydes is 1. The molecule has 4 nitrogen and oxygen atoms in total. The van der Waals surface area contributed by atoms with Gasteiger partial charge in [-0.05, 0) is 0 Å². The third-order valence-corrected chi connectivity index (χ3v) is 3.11. The molecule has 1 heterocycles. The number of carbonyl (C=O) groups excluding carboxylic acids is 1. The average Bonchev–Trinajstić information content (AvgIpc) is 2.69. The number of nitrogens with zero attached hydrogens (tertiary/aromatic N) is 1. The van der Waals surface area contributed by atoms with Crippen molar-refractivity contribution in [3.63, 3.8) is 0 Å². The normalized spacial score (nSPS) is 11.5. The van der Waals surface area contributed by atoms with Crippen LogP contribution in [-0.4, -0.2) is 16.5 Å². The summed E-state index contributed by atoms with van der Waals surface area (Å²) in [6.07, 6.45) is 0.650. The maximum absolute atomic E-state index is 10.9. The van der Waals surface area contributed by atoms with E-state index in [0.717, 1.165) is 5.56 Å². The highest BCUT2D eigenvalue weighted by atomic mass is 35.6. The van der Waals surface area contributed by atoms with Gasteiger partial charge >= 0.3 is 0 Å². The Morgan fingerprint density at radius 1 is 1.22 bits per heavy atom. The third kappa shape index (κ3) is 2.46. The van der Waals surface area contributed by atoms with Crippen LogP contribution in [0.25, 0.3) is 11.3 Å². The predicted molar refractivity (Wildman–Crippen MR) is 73.1 cm³/mol. The van der Waals surface area contributed by atoms with Crippen LogP contribution in [0.2, 0.25) is 0 Å². The minimum absolute atomic E-state index is 0.158. The molecule has 0 spiro atoms. The zero-order valence-corrected chi connectivity index (χ0v) is 11.2. The highest BCUT2D eigenvalue weighted by Gasteiger charge is 2.22. The Hall–Kier alpha value is -1.23. The van der Waals surface area contributed by atoms with Crippen molar-refractivity contribution in [3.8, 4) is 11.3 Å². The molecule has 0 radical (unpaired) electrons. The lowest BCUT2D eigenvalue weighted by Gasteiger charge is -2.11. The highest BCUT2D eigenvalue weighted by Crippen LogP contribution is 2.38. The van der Waals surface area contributed by atoms with Crippen LogP contribution in [0.3, 0.4) is 0 Å². The van der Waals surface area contributed by atoms with E-state index in [1.165, 1.54) is 0 Å². The second-order valence-corrected chi connectivity index (χ2v) is 5.87. The van der Waals surface area contributed by atoms with Crippen LogP contribution in [0, 0.1) is 0 Å². The lowest BCUT2D eigenvalue weighted by atomic mass is 10.1. The van der Waals surface area contributed by atoms with Crippen LogP contribution in [0.5, 0.6) is 0 Å². The van der Waals surface area contributed by atoms with Gasteiger partial charge in [0, 0.05) is 11.1 Å². The van der Waals surface area contributed by atoms with E-state index in [0.29, 0.717) is 23.1 Å². The number of nitrogens with one attached hydrogen (secondary N) is 1. The molecule has 0 aliphatic carbocycles. The number of hydrogen-bond acceptors (Lipinski definition) is 3. The Morgan fingerprint density at radius 3 is 2.33 bits per heavy atom. The first-order valence-electron chi connectivity index (χ1n) is 4.90.